The van der Waals surface area contributed by atoms with Crippen molar-refractivity contribution in [2.45, 2.75) is 33.2 Å². The van der Waals surface area contributed by atoms with Crippen molar-refractivity contribution in [2.24, 2.45) is 15.2 Å². The molecule has 0 spiro atoms. The Balaban J connectivity index is 1.65. The van der Waals surface area contributed by atoms with Crippen molar-refractivity contribution in [3.8, 4) is 17.2 Å². The van der Waals surface area contributed by atoms with E-state index in [0.29, 0.717) is 53.7 Å². The van der Waals surface area contributed by atoms with Crippen LogP contribution >= 0.6 is 11.6 Å². The number of hydrogen-bond donors (Lipinski definition) is 0. The molecule has 5 rings (SSSR count). The molecule has 3 aromatic carbocycles. The average Bonchev–Trinajstić information content (AvgIpc) is 3.43. The van der Waals surface area contributed by atoms with Crippen molar-refractivity contribution >= 4 is 29.0 Å². The van der Waals surface area contributed by atoms with Crippen LogP contribution in [0.1, 0.15) is 42.1 Å². The van der Waals surface area contributed by atoms with Crippen LogP contribution in [0.2, 0.25) is 5.02 Å². The molecule has 0 bridgehead atoms. The maximum atomic E-state index is 13.9. The second-order valence-corrected chi connectivity index (χ2v) is 9.41. The Bertz CT molecular complexity index is 1400. The van der Waals surface area contributed by atoms with Crippen LogP contribution in [0.25, 0.3) is 0 Å². The van der Waals surface area contributed by atoms with Gasteiger partial charge in [0.1, 0.15) is 12.4 Å². The lowest BCUT2D eigenvalue weighted by molar-refractivity contribution is -0.118. The quantitative estimate of drug-likeness (QED) is 0.322. The molecule has 1 unspecified atom stereocenters. The molecule has 0 saturated heterocycles. The topological polar surface area (TPSA) is 85.1 Å². The normalized spacial score (nSPS) is 16.3. The fourth-order valence-corrected chi connectivity index (χ4v) is 4.88. The third kappa shape index (κ3) is 5.22. The van der Waals surface area contributed by atoms with Crippen molar-refractivity contribution in [1.29, 1.82) is 0 Å². The molecule has 3 aromatic rings. The summed E-state index contributed by atoms with van der Waals surface area (Å²) in [6.07, 6.45) is 0.208. The second kappa shape index (κ2) is 11.2. The summed E-state index contributed by atoms with van der Waals surface area (Å²) in [5, 5.41) is 8.52. The SMILES string of the molecule is CCOc1cc2c(cc1OCC)C(c1ccc(Cl)cc1)N(c1ccc(C)cc1OCC1=NCN=N1)C(=O)C2. The summed E-state index contributed by atoms with van der Waals surface area (Å²) < 4.78 is 18.0. The number of carbonyl (C=O) groups excluding carboxylic acids is 1. The fraction of sp³-hybridized carbons (Fsp3) is 0.310. The Morgan fingerprint density at radius 3 is 2.37 bits per heavy atom. The van der Waals surface area contributed by atoms with Gasteiger partial charge in [-0.15, -0.1) is 5.11 Å². The minimum atomic E-state index is -0.438. The van der Waals surface area contributed by atoms with Crippen molar-refractivity contribution < 1.29 is 19.0 Å². The van der Waals surface area contributed by atoms with Crippen LogP contribution in [0.3, 0.4) is 0 Å². The number of aliphatic imine (C=N–C) groups is 1. The van der Waals surface area contributed by atoms with Gasteiger partial charge in [0.15, 0.2) is 24.0 Å². The molecule has 0 radical (unpaired) electrons. The van der Waals surface area contributed by atoms with Gasteiger partial charge in [0.25, 0.3) is 0 Å². The highest BCUT2D eigenvalue weighted by Gasteiger charge is 2.37. The number of hydrogen-bond acceptors (Lipinski definition) is 7. The van der Waals surface area contributed by atoms with Crippen molar-refractivity contribution in [3.63, 3.8) is 0 Å². The fourth-order valence-electron chi connectivity index (χ4n) is 4.75. The molecular weight excluding hydrogens is 504 g/mol. The van der Waals surface area contributed by atoms with Gasteiger partial charge in [-0.25, -0.2) is 4.99 Å². The molecule has 0 saturated carbocycles. The van der Waals surface area contributed by atoms with Crippen molar-refractivity contribution in [1.82, 2.24) is 0 Å². The summed E-state index contributed by atoms with van der Waals surface area (Å²) in [5.41, 5.74) is 4.43. The number of anilines is 1. The number of azo groups is 1. The number of amides is 1. The zero-order chi connectivity index (χ0) is 26.6. The van der Waals surface area contributed by atoms with Crippen LogP contribution < -0.4 is 19.1 Å². The number of rotatable bonds is 9. The number of aryl methyl sites for hydroxylation is 1. The van der Waals surface area contributed by atoms with Crippen LogP contribution in [0.15, 0.2) is 69.8 Å². The molecule has 196 valence electrons. The standard InChI is InChI=1S/C29H29ClN4O4/c1-4-36-25-13-20-14-28(35)34(23-11-6-18(3)12-24(23)38-16-27-31-17-32-33-27)29(19-7-9-21(30)10-8-19)22(20)15-26(25)37-5-2/h6-13,15,29H,4-5,14,16-17H2,1-3H3. The predicted octanol–water partition coefficient (Wildman–Crippen LogP) is 6.33. The molecule has 2 heterocycles. The molecular formula is C29H29ClN4O4. The third-order valence-corrected chi connectivity index (χ3v) is 6.64. The Kier molecular flexibility index (Phi) is 7.60. The average molecular weight is 533 g/mol. The highest BCUT2D eigenvalue weighted by molar-refractivity contribution is 6.30. The third-order valence-electron chi connectivity index (χ3n) is 6.39. The zero-order valence-corrected chi connectivity index (χ0v) is 22.4. The van der Waals surface area contributed by atoms with Gasteiger partial charge in [0, 0.05) is 5.02 Å². The van der Waals surface area contributed by atoms with Gasteiger partial charge in [-0.05, 0) is 79.4 Å². The monoisotopic (exact) mass is 532 g/mol. The molecule has 0 aliphatic carbocycles. The number of fused-ring (bicyclic) bond motifs is 1. The molecule has 8 nitrogen and oxygen atoms in total. The highest BCUT2D eigenvalue weighted by Crippen LogP contribution is 2.46. The van der Waals surface area contributed by atoms with E-state index in [0.717, 1.165) is 22.3 Å². The maximum absolute atomic E-state index is 13.9. The Morgan fingerprint density at radius 2 is 1.68 bits per heavy atom. The first-order valence-electron chi connectivity index (χ1n) is 12.6. The number of halogens is 1. The maximum Gasteiger partial charge on any atom is 0.232 e. The lowest BCUT2D eigenvalue weighted by Gasteiger charge is -2.38. The van der Waals surface area contributed by atoms with Gasteiger partial charge in [0.05, 0.1) is 31.4 Å². The number of nitrogens with zero attached hydrogens (tertiary/aromatic N) is 4. The van der Waals surface area contributed by atoms with Gasteiger partial charge in [0.2, 0.25) is 5.91 Å². The van der Waals surface area contributed by atoms with E-state index in [1.807, 2.05) is 75.4 Å². The van der Waals surface area contributed by atoms with E-state index in [1.54, 1.807) is 4.90 Å². The molecule has 2 aliphatic heterocycles. The van der Waals surface area contributed by atoms with E-state index in [4.69, 9.17) is 25.8 Å². The van der Waals surface area contributed by atoms with Crippen molar-refractivity contribution in [2.75, 3.05) is 31.4 Å². The van der Waals surface area contributed by atoms with Crippen LogP contribution in [0, 0.1) is 6.92 Å². The van der Waals surface area contributed by atoms with Crippen LogP contribution in [0.5, 0.6) is 17.2 Å². The van der Waals surface area contributed by atoms with Crippen LogP contribution in [0.4, 0.5) is 5.69 Å². The van der Waals surface area contributed by atoms with E-state index in [2.05, 4.69) is 15.2 Å². The van der Waals surface area contributed by atoms with Gasteiger partial charge in [-0.1, -0.05) is 29.8 Å². The molecule has 0 N–H and O–H groups in total. The molecule has 0 aromatic heterocycles. The summed E-state index contributed by atoms with van der Waals surface area (Å²) in [6, 6.07) is 16.9. The molecule has 2 aliphatic rings. The van der Waals surface area contributed by atoms with Crippen LogP contribution in [-0.4, -0.2) is 38.2 Å². The van der Waals surface area contributed by atoms with Gasteiger partial charge in [-0.3, -0.25) is 9.69 Å². The summed E-state index contributed by atoms with van der Waals surface area (Å²) in [7, 11) is 0. The summed E-state index contributed by atoms with van der Waals surface area (Å²) in [6.45, 7) is 7.30. The first-order valence-corrected chi connectivity index (χ1v) is 13.0. The van der Waals surface area contributed by atoms with E-state index in [1.165, 1.54) is 0 Å². The van der Waals surface area contributed by atoms with E-state index in [-0.39, 0.29) is 18.9 Å². The lowest BCUT2D eigenvalue weighted by atomic mass is 9.86. The summed E-state index contributed by atoms with van der Waals surface area (Å²) >= 11 is 6.24. The molecule has 9 heteroatoms. The van der Waals surface area contributed by atoms with E-state index < -0.39 is 6.04 Å². The zero-order valence-electron chi connectivity index (χ0n) is 21.6. The lowest BCUT2D eigenvalue weighted by Crippen LogP contribution is -2.41. The highest BCUT2D eigenvalue weighted by atomic mass is 35.5. The van der Waals surface area contributed by atoms with E-state index in [9.17, 15) is 4.79 Å². The predicted molar refractivity (Wildman–Crippen MR) is 147 cm³/mol. The smallest absolute Gasteiger partial charge is 0.232 e. The molecule has 38 heavy (non-hydrogen) atoms. The number of benzene rings is 3. The Morgan fingerprint density at radius 1 is 0.947 bits per heavy atom. The number of amidine groups is 1. The van der Waals surface area contributed by atoms with Gasteiger partial charge >= 0.3 is 0 Å². The minimum Gasteiger partial charge on any atom is -0.490 e. The number of carbonyl (C=O) groups is 1. The Hall–Kier alpha value is -3.91. The summed E-state index contributed by atoms with van der Waals surface area (Å²) in [4.78, 5) is 19.9. The second-order valence-electron chi connectivity index (χ2n) is 8.98. The minimum absolute atomic E-state index is 0.0596. The Labute approximate surface area is 226 Å². The molecule has 1 atom stereocenters. The van der Waals surface area contributed by atoms with Crippen LogP contribution in [-0.2, 0) is 11.2 Å². The molecule has 1 amide bonds. The summed E-state index contributed by atoms with van der Waals surface area (Å²) in [5.74, 6) is 2.31. The molecule has 0 fully saturated rings. The van der Waals surface area contributed by atoms with Gasteiger partial charge in [-0.2, -0.15) is 5.11 Å². The largest absolute Gasteiger partial charge is 0.490 e. The van der Waals surface area contributed by atoms with E-state index >= 15 is 0 Å². The first-order chi connectivity index (χ1) is 18.5. The first kappa shape index (κ1) is 25.7. The van der Waals surface area contributed by atoms with Crippen molar-refractivity contribution in [3.05, 3.63) is 81.9 Å². The van der Waals surface area contributed by atoms with Gasteiger partial charge < -0.3 is 14.2 Å². The number of ether oxygens (including phenoxy) is 3.